The Bertz CT molecular complexity index is 607. The number of hydrogen-bond acceptors (Lipinski definition) is 3. The quantitative estimate of drug-likeness (QED) is 0.876. The number of carbonyl (C=O) groups excluding carboxylic acids is 1. The van der Waals surface area contributed by atoms with Gasteiger partial charge in [0.2, 0.25) is 0 Å². The van der Waals surface area contributed by atoms with Crippen molar-refractivity contribution in [3.8, 4) is 5.75 Å². The average Bonchev–Trinajstić information content (AvgIpc) is 2.57. The number of hydrogen-bond donors (Lipinski definition) is 2. The third-order valence-corrected chi connectivity index (χ3v) is 2.70. The molecule has 0 fully saturated rings. The molecule has 1 aromatic carbocycles. The van der Waals surface area contributed by atoms with E-state index < -0.39 is 5.91 Å². The number of nitrogens with one attached hydrogen (secondary N) is 1. The molecular formula is C12H12ClN3O2. The van der Waals surface area contributed by atoms with Crippen molar-refractivity contribution in [3.05, 3.63) is 40.7 Å². The van der Waals surface area contributed by atoms with Gasteiger partial charge in [0.1, 0.15) is 5.75 Å². The van der Waals surface area contributed by atoms with Gasteiger partial charge in [-0.15, -0.1) is 0 Å². The first kappa shape index (κ1) is 12.4. The summed E-state index contributed by atoms with van der Waals surface area (Å²) in [5.74, 6) is -0.554. The molecule has 5 nitrogen and oxygen atoms in total. The highest BCUT2D eigenvalue weighted by Crippen LogP contribution is 2.23. The molecule has 0 bridgehead atoms. The minimum absolute atomic E-state index is 0.151. The molecule has 0 atom stereocenters. The first-order chi connectivity index (χ1) is 8.47. The van der Waals surface area contributed by atoms with E-state index in [2.05, 4.69) is 10.4 Å². The van der Waals surface area contributed by atoms with E-state index in [1.807, 2.05) is 0 Å². The van der Waals surface area contributed by atoms with E-state index in [1.165, 1.54) is 12.1 Å². The number of halogens is 1. The molecule has 2 N–H and O–H groups in total. The van der Waals surface area contributed by atoms with Crippen molar-refractivity contribution in [2.24, 2.45) is 7.05 Å². The second kappa shape index (κ2) is 4.70. The van der Waals surface area contributed by atoms with Crippen LogP contribution in [0.1, 0.15) is 16.1 Å². The maximum atomic E-state index is 12.0. The number of benzene rings is 1. The fourth-order valence-corrected chi connectivity index (χ4v) is 1.78. The van der Waals surface area contributed by atoms with E-state index in [0.29, 0.717) is 16.4 Å². The highest BCUT2D eigenvalue weighted by atomic mass is 35.5. The zero-order valence-electron chi connectivity index (χ0n) is 9.94. The molecule has 1 amide bonds. The van der Waals surface area contributed by atoms with E-state index >= 15 is 0 Å². The lowest BCUT2D eigenvalue weighted by molar-refractivity contribution is 0.102. The minimum Gasteiger partial charge on any atom is -0.507 e. The number of phenols is 1. The lowest BCUT2D eigenvalue weighted by Crippen LogP contribution is -2.12. The van der Waals surface area contributed by atoms with Crippen LogP contribution >= 0.6 is 11.6 Å². The molecule has 2 rings (SSSR count). The van der Waals surface area contributed by atoms with Gasteiger partial charge in [-0.25, -0.2) is 0 Å². The molecular weight excluding hydrogens is 254 g/mol. The topological polar surface area (TPSA) is 67.2 Å². The summed E-state index contributed by atoms with van der Waals surface area (Å²) >= 11 is 5.71. The fraction of sp³-hybridized carbons (Fsp3) is 0.167. The molecule has 1 aromatic heterocycles. The molecule has 0 aliphatic carbocycles. The number of anilines is 1. The summed E-state index contributed by atoms with van der Waals surface area (Å²) in [6.45, 7) is 1.79. The van der Waals surface area contributed by atoms with Gasteiger partial charge in [0.05, 0.1) is 16.9 Å². The monoisotopic (exact) mass is 265 g/mol. The second-order valence-electron chi connectivity index (χ2n) is 3.92. The smallest absolute Gasteiger partial charge is 0.259 e. The van der Waals surface area contributed by atoms with Crippen molar-refractivity contribution in [3.63, 3.8) is 0 Å². The van der Waals surface area contributed by atoms with Crippen molar-refractivity contribution < 1.29 is 9.90 Å². The summed E-state index contributed by atoms with van der Waals surface area (Å²) in [4.78, 5) is 12.0. The largest absolute Gasteiger partial charge is 0.507 e. The molecule has 0 aliphatic heterocycles. The van der Waals surface area contributed by atoms with Gasteiger partial charge >= 0.3 is 0 Å². The van der Waals surface area contributed by atoms with Crippen molar-refractivity contribution >= 4 is 23.2 Å². The van der Waals surface area contributed by atoms with E-state index in [9.17, 15) is 9.90 Å². The third-order valence-electron chi connectivity index (χ3n) is 2.47. The molecule has 6 heteroatoms. The lowest BCUT2D eigenvalue weighted by atomic mass is 10.2. The Hall–Kier alpha value is -2.01. The number of aromatic hydroxyl groups is 1. The highest BCUT2D eigenvalue weighted by molar-refractivity contribution is 6.30. The van der Waals surface area contributed by atoms with Crippen LogP contribution in [0.4, 0.5) is 5.69 Å². The summed E-state index contributed by atoms with van der Waals surface area (Å²) in [5.41, 5.74) is 1.49. The van der Waals surface area contributed by atoms with Crippen LogP contribution in [0.15, 0.2) is 24.4 Å². The Morgan fingerprint density at radius 2 is 2.22 bits per heavy atom. The van der Waals surface area contributed by atoms with Gasteiger partial charge in [-0.2, -0.15) is 5.10 Å². The fourth-order valence-electron chi connectivity index (χ4n) is 1.61. The van der Waals surface area contributed by atoms with Crippen LogP contribution in [0.5, 0.6) is 5.75 Å². The number of aryl methyl sites for hydroxylation is 2. The van der Waals surface area contributed by atoms with Crippen LogP contribution in [0.2, 0.25) is 5.02 Å². The summed E-state index contributed by atoms with van der Waals surface area (Å²) in [6.07, 6.45) is 1.69. The van der Waals surface area contributed by atoms with Gasteiger partial charge in [-0.05, 0) is 25.1 Å². The standard InChI is InChI=1S/C12H12ClN3O2/c1-7-10(6-16(2)15-7)14-12(18)9-4-3-8(13)5-11(9)17/h3-6,17H,1-2H3,(H,14,18). The van der Waals surface area contributed by atoms with Crippen LogP contribution < -0.4 is 5.32 Å². The molecule has 0 saturated carbocycles. The Labute approximate surface area is 109 Å². The van der Waals surface area contributed by atoms with Crippen molar-refractivity contribution in [1.82, 2.24) is 9.78 Å². The Morgan fingerprint density at radius 1 is 1.50 bits per heavy atom. The Morgan fingerprint density at radius 3 is 2.78 bits per heavy atom. The van der Waals surface area contributed by atoms with Crippen LogP contribution in [-0.4, -0.2) is 20.8 Å². The SMILES string of the molecule is Cc1nn(C)cc1NC(=O)c1ccc(Cl)cc1O. The van der Waals surface area contributed by atoms with Gasteiger partial charge in [0.15, 0.2) is 0 Å². The Kier molecular flexibility index (Phi) is 3.25. The first-order valence-electron chi connectivity index (χ1n) is 5.27. The first-order valence-corrected chi connectivity index (χ1v) is 5.65. The van der Waals surface area contributed by atoms with Gasteiger partial charge in [-0.3, -0.25) is 9.48 Å². The Balaban J connectivity index is 2.24. The second-order valence-corrected chi connectivity index (χ2v) is 4.35. The van der Waals surface area contributed by atoms with Gasteiger partial charge < -0.3 is 10.4 Å². The van der Waals surface area contributed by atoms with Gasteiger partial charge in [-0.1, -0.05) is 11.6 Å². The third kappa shape index (κ3) is 2.46. The minimum atomic E-state index is -0.403. The number of aromatic nitrogens is 2. The van der Waals surface area contributed by atoms with E-state index in [0.717, 1.165) is 0 Å². The molecule has 0 unspecified atom stereocenters. The van der Waals surface area contributed by atoms with Crippen molar-refractivity contribution in [2.75, 3.05) is 5.32 Å². The number of phenolic OH excluding ortho intramolecular Hbond substituents is 1. The number of amides is 1. The van der Waals surface area contributed by atoms with E-state index in [1.54, 1.807) is 30.9 Å². The van der Waals surface area contributed by atoms with Gasteiger partial charge in [0, 0.05) is 18.3 Å². The summed E-state index contributed by atoms with van der Waals surface area (Å²) < 4.78 is 1.60. The van der Waals surface area contributed by atoms with Crippen LogP contribution in [-0.2, 0) is 7.05 Å². The van der Waals surface area contributed by atoms with Crippen molar-refractivity contribution in [1.29, 1.82) is 0 Å². The predicted octanol–water partition coefficient (Wildman–Crippen LogP) is 2.34. The van der Waals surface area contributed by atoms with E-state index in [4.69, 9.17) is 11.6 Å². The van der Waals surface area contributed by atoms with Crippen LogP contribution in [0, 0.1) is 6.92 Å². The maximum Gasteiger partial charge on any atom is 0.259 e. The van der Waals surface area contributed by atoms with Crippen LogP contribution in [0.3, 0.4) is 0 Å². The number of nitrogens with zero attached hydrogens (tertiary/aromatic N) is 2. The molecule has 0 saturated heterocycles. The molecule has 0 radical (unpaired) electrons. The molecule has 94 valence electrons. The average molecular weight is 266 g/mol. The van der Waals surface area contributed by atoms with Gasteiger partial charge in [0.25, 0.3) is 5.91 Å². The van der Waals surface area contributed by atoms with E-state index in [-0.39, 0.29) is 11.3 Å². The number of carbonyl (C=O) groups is 1. The molecule has 0 aliphatic rings. The molecule has 1 heterocycles. The summed E-state index contributed by atoms with van der Waals surface area (Å²) in [6, 6.07) is 4.34. The highest BCUT2D eigenvalue weighted by Gasteiger charge is 2.13. The molecule has 2 aromatic rings. The molecule has 18 heavy (non-hydrogen) atoms. The summed E-state index contributed by atoms with van der Waals surface area (Å²) in [7, 11) is 1.77. The molecule has 0 spiro atoms. The number of rotatable bonds is 2. The zero-order valence-corrected chi connectivity index (χ0v) is 10.7. The maximum absolute atomic E-state index is 12.0. The normalized spacial score (nSPS) is 10.4. The predicted molar refractivity (Wildman–Crippen MR) is 69.0 cm³/mol. The van der Waals surface area contributed by atoms with Crippen LogP contribution in [0.25, 0.3) is 0 Å². The van der Waals surface area contributed by atoms with Crippen molar-refractivity contribution in [2.45, 2.75) is 6.92 Å². The summed E-state index contributed by atoms with van der Waals surface area (Å²) in [5, 5.41) is 16.8. The lowest BCUT2D eigenvalue weighted by Gasteiger charge is -2.05. The zero-order chi connectivity index (χ0) is 13.3.